The highest BCUT2D eigenvalue weighted by atomic mass is 16.5. The van der Waals surface area contributed by atoms with Crippen LogP contribution in [0.5, 0.6) is 11.5 Å². The van der Waals surface area contributed by atoms with Gasteiger partial charge in [-0.05, 0) is 19.9 Å². The minimum atomic E-state index is -0.910. The molecule has 0 bridgehead atoms. The Hall–Kier alpha value is -2.43. The van der Waals surface area contributed by atoms with Crippen LogP contribution in [-0.2, 0) is 4.74 Å². The number of methoxy groups -OCH3 is 1. The zero-order valence-corrected chi connectivity index (χ0v) is 15.4. The summed E-state index contributed by atoms with van der Waals surface area (Å²) < 4.78 is 16.6. The highest BCUT2D eigenvalue weighted by Gasteiger charge is 2.30. The number of rotatable bonds is 3. The van der Waals surface area contributed by atoms with Gasteiger partial charge in [0.25, 0.3) is 0 Å². The van der Waals surface area contributed by atoms with Crippen molar-refractivity contribution in [1.29, 1.82) is 0 Å². The molecule has 4 nitrogen and oxygen atoms in total. The second kappa shape index (κ2) is 7.64. The van der Waals surface area contributed by atoms with Gasteiger partial charge >= 0.3 is 5.97 Å². The van der Waals surface area contributed by atoms with Crippen LogP contribution in [-0.4, -0.2) is 33.0 Å². The van der Waals surface area contributed by atoms with E-state index in [1.165, 1.54) is 7.11 Å². The molecule has 1 heterocycles. The maximum atomic E-state index is 12.5. The lowest BCUT2D eigenvalue weighted by Crippen LogP contribution is -2.32. The fourth-order valence-electron chi connectivity index (χ4n) is 2.79. The SMILES string of the molecule is CC.[B]C1(C)C=Cc2c(OC)c(C(=O)OCC)c3ccccc3c2O1. The van der Waals surface area contributed by atoms with Crippen molar-refractivity contribution < 1.29 is 19.0 Å². The van der Waals surface area contributed by atoms with Gasteiger partial charge in [-0.25, -0.2) is 4.79 Å². The van der Waals surface area contributed by atoms with Gasteiger partial charge in [-0.15, -0.1) is 0 Å². The third-order valence-electron chi connectivity index (χ3n) is 3.74. The van der Waals surface area contributed by atoms with Crippen LogP contribution in [0.25, 0.3) is 16.8 Å². The molecule has 130 valence electrons. The molecule has 1 aliphatic rings. The minimum Gasteiger partial charge on any atom is -0.495 e. The standard InChI is InChI=1S/C18H17BO4.C2H6/c1-4-22-17(20)14-11-7-5-6-8-12(11)15-13(16(14)21-3)9-10-18(2,19)23-15;1-2/h5-10H,4H2,1-3H3;1-2H3. The van der Waals surface area contributed by atoms with Crippen LogP contribution in [0.2, 0.25) is 0 Å². The second-order valence-corrected chi connectivity index (χ2v) is 5.54. The fraction of sp³-hybridized carbons (Fsp3) is 0.350. The van der Waals surface area contributed by atoms with Crippen molar-refractivity contribution >= 4 is 30.7 Å². The highest BCUT2D eigenvalue weighted by molar-refractivity contribution is 6.18. The van der Waals surface area contributed by atoms with Crippen molar-refractivity contribution in [1.82, 2.24) is 0 Å². The van der Waals surface area contributed by atoms with E-state index >= 15 is 0 Å². The van der Waals surface area contributed by atoms with Crippen molar-refractivity contribution in [2.45, 2.75) is 33.2 Å². The molecule has 3 rings (SSSR count). The lowest BCUT2D eigenvalue weighted by molar-refractivity contribution is 0.0525. The van der Waals surface area contributed by atoms with Gasteiger partial charge in [0.15, 0.2) is 0 Å². The summed E-state index contributed by atoms with van der Waals surface area (Å²) >= 11 is 0. The van der Waals surface area contributed by atoms with E-state index in [0.717, 1.165) is 5.39 Å². The molecular formula is C20H23BO4. The predicted octanol–water partition coefficient (Wildman–Crippen LogP) is 4.34. The summed E-state index contributed by atoms with van der Waals surface area (Å²) in [6.45, 7) is 7.83. The minimum absolute atomic E-state index is 0.292. The Balaban J connectivity index is 0.00000109. The predicted molar refractivity (Wildman–Crippen MR) is 102 cm³/mol. The zero-order valence-electron chi connectivity index (χ0n) is 15.4. The number of fused-ring (bicyclic) bond motifs is 3. The van der Waals surface area contributed by atoms with Crippen molar-refractivity contribution in [2.24, 2.45) is 0 Å². The van der Waals surface area contributed by atoms with Crippen LogP contribution in [0, 0.1) is 0 Å². The normalized spacial score (nSPS) is 17.8. The van der Waals surface area contributed by atoms with Gasteiger partial charge in [0.2, 0.25) is 0 Å². The molecule has 0 N–H and O–H groups in total. The maximum absolute atomic E-state index is 12.5. The van der Waals surface area contributed by atoms with E-state index < -0.39 is 11.5 Å². The van der Waals surface area contributed by atoms with Crippen molar-refractivity contribution in [3.8, 4) is 11.5 Å². The smallest absolute Gasteiger partial charge is 0.342 e. The second-order valence-electron chi connectivity index (χ2n) is 5.54. The topological polar surface area (TPSA) is 44.8 Å². The van der Waals surface area contributed by atoms with Crippen LogP contribution in [0.1, 0.15) is 43.6 Å². The Morgan fingerprint density at radius 2 is 1.88 bits per heavy atom. The molecule has 2 radical (unpaired) electrons. The number of hydrogen-bond acceptors (Lipinski definition) is 4. The molecule has 1 atom stereocenters. The number of carbonyl (C=O) groups is 1. The average Bonchev–Trinajstić information content (AvgIpc) is 2.61. The van der Waals surface area contributed by atoms with Gasteiger partial charge in [0, 0.05) is 10.8 Å². The lowest BCUT2D eigenvalue weighted by atomic mass is 9.80. The molecule has 2 aromatic carbocycles. The molecule has 0 fully saturated rings. The van der Waals surface area contributed by atoms with E-state index in [2.05, 4.69) is 0 Å². The quantitative estimate of drug-likeness (QED) is 0.617. The van der Waals surface area contributed by atoms with Crippen LogP contribution in [0.15, 0.2) is 30.3 Å². The van der Waals surface area contributed by atoms with Crippen LogP contribution in [0.4, 0.5) is 0 Å². The van der Waals surface area contributed by atoms with Crippen LogP contribution < -0.4 is 9.47 Å². The maximum Gasteiger partial charge on any atom is 0.342 e. The summed E-state index contributed by atoms with van der Waals surface area (Å²) in [6, 6.07) is 7.49. The van der Waals surface area contributed by atoms with Crippen LogP contribution in [0.3, 0.4) is 0 Å². The lowest BCUT2D eigenvalue weighted by Gasteiger charge is -2.31. The fourth-order valence-corrected chi connectivity index (χ4v) is 2.79. The average molecular weight is 338 g/mol. The van der Waals surface area contributed by atoms with Gasteiger partial charge in [-0.3, -0.25) is 0 Å². The van der Waals surface area contributed by atoms with Gasteiger partial charge in [-0.1, -0.05) is 44.2 Å². The Labute approximate surface area is 150 Å². The monoisotopic (exact) mass is 338 g/mol. The molecule has 0 saturated heterocycles. The third-order valence-corrected chi connectivity index (χ3v) is 3.74. The van der Waals surface area contributed by atoms with E-state index in [1.807, 2.05) is 44.2 Å². The molecular weight excluding hydrogens is 315 g/mol. The molecule has 2 aromatic rings. The summed E-state index contributed by atoms with van der Waals surface area (Å²) in [4.78, 5) is 12.5. The van der Waals surface area contributed by atoms with Gasteiger partial charge in [0.1, 0.15) is 24.9 Å². The third kappa shape index (κ3) is 3.50. The molecule has 0 spiro atoms. The highest BCUT2D eigenvalue weighted by Crippen LogP contribution is 2.45. The summed E-state index contributed by atoms with van der Waals surface area (Å²) in [6.07, 6.45) is 3.56. The first kappa shape index (κ1) is 18.9. The van der Waals surface area contributed by atoms with E-state index in [0.29, 0.717) is 34.6 Å². The Morgan fingerprint density at radius 3 is 2.48 bits per heavy atom. The van der Waals surface area contributed by atoms with Crippen molar-refractivity contribution in [2.75, 3.05) is 13.7 Å². The van der Waals surface area contributed by atoms with Gasteiger partial charge < -0.3 is 14.2 Å². The van der Waals surface area contributed by atoms with Gasteiger partial charge in [-0.2, -0.15) is 0 Å². The van der Waals surface area contributed by atoms with E-state index in [9.17, 15) is 4.79 Å². The first-order valence-electron chi connectivity index (χ1n) is 8.45. The zero-order chi connectivity index (χ0) is 18.6. The number of ether oxygens (including phenoxy) is 3. The van der Waals surface area contributed by atoms with Crippen molar-refractivity contribution in [3.63, 3.8) is 0 Å². The Morgan fingerprint density at radius 1 is 1.24 bits per heavy atom. The van der Waals surface area contributed by atoms with E-state index in [-0.39, 0.29) is 0 Å². The van der Waals surface area contributed by atoms with Gasteiger partial charge in [0.05, 0.1) is 24.8 Å². The number of hydrogen-bond donors (Lipinski definition) is 0. The first-order chi connectivity index (χ1) is 12.0. The molecule has 0 aromatic heterocycles. The van der Waals surface area contributed by atoms with Crippen molar-refractivity contribution in [3.05, 3.63) is 41.5 Å². The van der Waals surface area contributed by atoms with E-state index in [4.69, 9.17) is 22.1 Å². The summed E-state index contributed by atoms with van der Waals surface area (Å²) in [5.41, 5.74) is 0.182. The summed E-state index contributed by atoms with van der Waals surface area (Å²) in [5, 5.41) is 1.51. The Kier molecular flexibility index (Phi) is 5.78. The molecule has 0 saturated carbocycles. The Bertz CT molecular complexity index is 809. The molecule has 5 heteroatoms. The van der Waals surface area contributed by atoms with Crippen LogP contribution >= 0.6 is 0 Å². The first-order valence-corrected chi connectivity index (χ1v) is 8.45. The summed E-state index contributed by atoms with van der Waals surface area (Å²) in [5.74, 6) is 0.625. The molecule has 1 unspecified atom stereocenters. The molecule has 25 heavy (non-hydrogen) atoms. The molecule has 1 aliphatic heterocycles. The largest absolute Gasteiger partial charge is 0.495 e. The number of esters is 1. The summed E-state index contributed by atoms with van der Waals surface area (Å²) in [7, 11) is 7.60. The molecule has 0 amide bonds. The molecule has 0 aliphatic carbocycles. The number of benzene rings is 2. The number of carbonyl (C=O) groups excluding carboxylic acids is 1. The van der Waals surface area contributed by atoms with E-state index in [1.54, 1.807) is 19.9 Å².